The molecule has 1 aliphatic heterocycles. The second kappa shape index (κ2) is 6.18. The number of benzene rings is 1. The summed E-state index contributed by atoms with van der Waals surface area (Å²) in [5.74, 6) is 0.881. The molecule has 2 N–H and O–H groups in total. The molecule has 0 saturated carbocycles. The van der Waals surface area contributed by atoms with E-state index in [0.717, 1.165) is 12.5 Å². The molecule has 0 bridgehead atoms. The molecule has 2 unspecified atom stereocenters. The summed E-state index contributed by atoms with van der Waals surface area (Å²) in [5.41, 5.74) is 7.53. The zero-order chi connectivity index (χ0) is 12.1. The Labute approximate surface area is 105 Å². The zero-order valence-electron chi connectivity index (χ0n) is 10.8. The van der Waals surface area contributed by atoms with E-state index in [1.165, 1.54) is 37.9 Å². The Morgan fingerprint density at radius 2 is 2.12 bits per heavy atom. The van der Waals surface area contributed by atoms with Gasteiger partial charge in [0.2, 0.25) is 0 Å². The molecule has 1 aromatic rings. The third kappa shape index (κ3) is 3.55. The molecule has 2 nitrogen and oxygen atoms in total. The van der Waals surface area contributed by atoms with Crippen LogP contribution in [0.4, 0.5) is 0 Å². The summed E-state index contributed by atoms with van der Waals surface area (Å²) < 4.78 is 0. The highest BCUT2D eigenvalue weighted by molar-refractivity contribution is 5.18. The minimum atomic E-state index is 0.159. The van der Waals surface area contributed by atoms with Gasteiger partial charge in [-0.3, -0.25) is 0 Å². The standard InChI is InChI=1S/C15H24N2/c1-2-13-7-6-10-17(11-13)12-15(16)14-8-4-3-5-9-14/h3-5,8-9,13,15H,2,6-7,10-12,16H2,1H3. The topological polar surface area (TPSA) is 29.3 Å². The van der Waals surface area contributed by atoms with E-state index in [0.29, 0.717) is 0 Å². The van der Waals surface area contributed by atoms with Gasteiger partial charge < -0.3 is 10.6 Å². The SMILES string of the molecule is CCC1CCCN(CC(N)c2ccccc2)C1. The van der Waals surface area contributed by atoms with Gasteiger partial charge in [-0.05, 0) is 30.9 Å². The second-order valence-electron chi connectivity index (χ2n) is 5.19. The van der Waals surface area contributed by atoms with Gasteiger partial charge in [0, 0.05) is 19.1 Å². The minimum Gasteiger partial charge on any atom is -0.323 e. The summed E-state index contributed by atoms with van der Waals surface area (Å²) in [6.07, 6.45) is 4.03. The molecule has 94 valence electrons. The van der Waals surface area contributed by atoms with Gasteiger partial charge in [-0.2, -0.15) is 0 Å². The average Bonchev–Trinajstić information content (AvgIpc) is 2.40. The van der Waals surface area contributed by atoms with Gasteiger partial charge in [0.1, 0.15) is 0 Å². The first-order valence-electron chi connectivity index (χ1n) is 6.82. The quantitative estimate of drug-likeness (QED) is 0.865. The van der Waals surface area contributed by atoms with Crippen molar-refractivity contribution >= 4 is 0 Å². The molecule has 0 spiro atoms. The summed E-state index contributed by atoms with van der Waals surface area (Å²) in [4.78, 5) is 2.54. The van der Waals surface area contributed by atoms with Gasteiger partial charge in [0.25, 0.3) is 0 Å². The molecule has 2 atom stereocenters. The van der Waals surface area contributed by atoms with E-state index in [9.17, 15) is 0 Å². The Morgan fingerprint density at radius 1 is 1.35 bits per heavy atom. The zero-order valence-corrected chi connectivity index (χ0v) is 10.8. The van der Waals surface area contributed by atoms with E-state index in [4.69, 9.17) is 5.73 Å². The maximum Gasteiger partial charge on any atom is 0.0424 e. The normalized spacial score (nSPS) is 23.5. The highest BCUT2D eigenvalue weighted by Gasteiger charge is 2.20. The van der Waals surface area contributed by atoms with Crippen molar-refractivity contribution in [1.82, 2.24) is 4.90 Å². The molecule has 0 amide bonds. The lowest BCUT2D eigenvalue weighted by Crippen LogP contribution is -2.39. The van der Waals surface area contributed by atoms with E-state index in [2.05, 4.69) is 36.1 Å². The van der Waals surface area contributed by atoms with Crippen LogP contribution in [0, 0.1) is 5.92 Å². The van der Waals surface area contributed by atoms with Crippen molar-refractivity contribution in [2.75, 3.05) is 19.6 Å². The number of rotatable bonds is 4. The highest BCUT2D eigenvalue weighted by Crippen LogP contribution is 2.21. The van der Waals surface area contributed by atoms with E-state index >= 15 is 0 Å². The largest absolute Gasteiger partial charge is 0.323 e. The number of hydrogen-bond donors (Lipinski definition) is 1. The fourth-order valence-electron chi connectivity index (χ4n) is 2.73. The molecule has 1 aromatic carbocycles. The number of hydrogen-bond acceptors (Lipinski definition) is 2. The maximum atomic E-state index is 6.27. The van der Waals surface area contributed by atoms with Crippen molar-refractivity contribution in [2.24, 2.45) is 11.7 Å². The summed E-state index contributed by atoms with van der Waals surface area (Å²) in [5, 5.41) is 0. The Hall–Kier alpha value is -0.860. The van der Waals surface area contributed by atoms with Crippen LogP contribution in [0.1, 0.15) is 37.8 Å². The van der Waals surface area contributed by atoms with Gasteiger partial charge in [0.15, 0.2) is 0 Å². The van der Waals surface area contributed by atoms with Gasteiger partial charge in [-0.15, -0.1) is 0 Å². The molecule has 1 heterocycles. The third-order valence-corrected chi connectivity index (χ3v) is 3.86. The van der Waals surface area contributed by atoms with Crippen LogP contribution in [0.25, 0.3) is 0 Å². The smallest absolute Gasteiger partial charge is 0.0424 e. The molecule has 1 fully saturated rings. The fraction of sp³-hybridized carbons (Fsp3) is 0.600. The summed E-state index contributed by atoms with van der Waals surface area (Å²) in [7, 11) is 0. The van der Waals surface area contributed by atoms with Gasteiger partial charge in [-0.1, -0.05) is 43.7 Å². The third-order valence-electron chi connectivity index (χ3n) is 3.86. The first kappa shape index (κ1) is 12.6. The Kier molecular flexibility index (Phi) is 4.57. The van der Waals surface area contributed by atoms with Crippen molar-refractivity contribution in [1.29, 1.82) is 0 Å². The van der Waals surface area contributed by atoms with Crippen LogP contribution in [-0.4, -0.2) is 24.5 Å². The van der Waals surface area contributed by atoms with E-state index in [1.807, 2.05) is 6.07 Å². The summed E-state index contributed by atoms with van der Waals surface area (Å²) in [6, 6.07) is 10.6. The average molecular weight is 232 g/mol. The van der Waals surface area contributed by atoms with Crippen LogP contribution >= 0.6 is 0 Å². The van der Waals surface area contributed by atoms with Crippen LogP contribution in [-0.2, 0) is 0 Å². The molecular formula is C15H24N2. The van der Waals surface area contributed by atoms with Crippen molar-refractivity contribution in [2.45, 2.75) is 32.2 Å². The van der Waals surface area contributed by atoms with Crippen molar-refractivity contribution < 1.29 is 0 Å². The molecule has 2 rings (SSSR count). The lowest BCUT2D eigenvalue weighted by atomic mass is 9.95. The molecule has 0 radical (unpaired) electrons. The lowest BCUT2D eigenvalue weighted by Gasteiger charge is -2.33. The second-order valence-corrected chi connectivity index (χ2v) is 5.19. The summed E-state index contributed by atoms with van der Waals surface area (Å²) in [6.45, 7) is 5.75. The first-order chi connectivity index (χ1) is 8.29. The van der Waals surface area contributed by atoms with Crippen molar-refractivity contribution in [3.8, 4) is 0 Å². The minimum absolute atomic E-state index is 0.159. The van der Waals surface area contributed by atoms with Crippen LogP contribution in [0.3, 0.4) is 0 Å². The van der Waals surface area contributed by atoms with Gasteiger partial charge in [0.05, 0.1) is 0 Å². The number of piperidine rings is 1. The van der Waals surface area contributed by atoms with E-state index in [-0.39, 0.29) is 6.04 Å². The van der Waals surface area contributed by atoms with Crippen LogP contribution in [0.15, 0.2) is 30.3 Å². The van der Waals surface area contributed by atoms with Gasteiger partial charge >= 0.3 is 0 Å². The van der Waals surface area contributed by atoms with Gasteiger partial charge in [-0.25, -0.2) is 0 Å². The van der Waals surface area contributed by atoms with Crippen LogP contribution in [0.2, 0.25) is 0 Å². The molecule has 1 saturated heterocycles. The number of nitrogens with two attached hydrogens (primary N) is 1. The molecule has 2 heteroatoms. The summed E-state index contributed by atoms with van der Waals surface area (Å²) >= 11 is 0. The fourth-order valence-corrected chi connectivity index (χ4v) is 2.73. The Balaban J connectivity index is 1.88. The molecule has 0 aromatic heterocycles. The van der Waals surface area contributed by atoms with Crippen molar-refractivity contribution in [3.63, 3.8) is 0 Å². The molecule has 1 aliphatic rings. The van der Waals surface area contributed by atoms with E-state index < -0.39 is 0 Å². The Morgan fingerprint density at radius 3 is 2.82 bits per heavy atom. The monoisotopic (exact) mass is 232 g/mol. The number of likely N-dealkylation sites (tertiary alicyclic amines) is 1. The predicted octanol–water partition coefficient (Wildman–Crippen LogP) is 2.81. The Bertz CT molecular complexity index is 323. The van der Waals surface area contributed by atoms with Crippen molar-refractivity contribution in [3.05, 3.63) is 35.9 Å². The van der Waals surface area contributed by atoms with E-state index in [1.54, 1.807) is 0 Å². The number of nitrogens with zero attached hydrogens (tertiary/aromatic N) is 1. The first-order valence-corrected chi connectivity index (χ1v) is 6.82. The van der Waals surface area contributed by atoms with Crippen LogP contribution < -0.4 is 5.73 Å². The molecular weight excluding hydrogens is 208 g/mol. The molecule has 17 heavy (non-hydrogen) atoms. The van der Waals surface area contributed by atoms with Crippen LogP contribution in [0.5, 0.6) is 0 Å². The maximum absolute atomic E-state index is 6.27. The highest BCUT2D eigenvalue weighted by atomic mass is 15.1. The lowest BCUT2D eigenvalue weighted by molar-refractivity contribution is 0.163. The predicted molar refractivity (Wildman–Crippen MR) is 72.8 cm³/mol. The molecule has 0 aliphatic carbocycles.